The second-order valence-corrected chi connectivity index (χ2v) is 9.58. The minimum absolute atomic E-state index is 0.0796. The Morgan fingerprint density at radius 3 is 2.48 bits per heavy atom. The van der Waals surface area contributed by atoms with E-state index in [9.17, 15) is 18.5 Å². The molecule has 1 aliphatic rings. The number of rotatable bonds is 5. The van der Waals surface area contributed by atoms with Gasteiger partial charge >= 0.3 is 0 Å². The Balaban J connectivity index is 1.86. The minimum Gasteiger partial charge on any atom is -0.456 e. The molecular formula is C24H20N2O6S. The SMILES string of the molecule is CCO[C@@H]1c2ccccc2Oc2cc([N+](=O)[O-])cc3c2c1cn3S(=O)(=O)c1ccc(C)cc1. The van der Waals surface area contributed by atoms with E-state index < -0.39 is 21.1 Å². The van der Waals surface area contributed by atoms with E-state index in [2.05, 4.69) is 0 Å². The fraction of sp³-hybridized carbons (Fsp3) is 0.167. The van der Waals surface area contributed by atoms with Crippen molar-refractivity contribution in [1.82, 2.24) is 3.97 Å². The van der Waals surface area contributed by atoms with Crippen molar-refractivity contribution in [3.05, 3.63) is 93.7 Å². The second-order valence-electron chi connectivity index (χ2n) is 7.77. The molecule has 0 unspecified atom stereocenters. The topological polar surface area (TPSA) is 101 Å². The zero-order chi connectivity index (χ0) is 23.3. The van der Waals surface area contributed by atoms with Gasteiger partial charge in [-0.2, -0.15) is 0 Å². The number of hydrogen-bond acceptors (Lipinski definition) is 6. The van der Waals surface area contributed by atoms with Gasteiger partial charge in [0.1, 0.15) is 17.6 Å². The number of aryl methyl sites for hydroxylation is 1. The third-order valence-electron chi connectivity index (χ3n) is 5.67. The molecule has 0 radical (unpaired) electrons. The van der Waals surface area contributed by atoms with Crippen LogP contribution in [0.25, 0.3) is 10.9 Å². The van der Waals surface area contributed by atoms with Gasteiger partial charge in [0.2, 0.25) is 0 Å². The van der Waals surface area contributed by atoms with Crippen LogP contribution in [0.15, 0.2) is 71.8 Å². The average Bonchev–Trinajstić information content (AvgIpc) is 3.12. The lowest BCUT2D eigenvalue weighted by molar-refractivity contribution is -0.384. The van der Waals surface area contributed by atoms with Crippen LogP contribution in [0.5, 0.6) is 11.5 Å². The summed E-state index contributed by atoms with van der Waals surface area (Å²) < 4.78 is 40.4. The van der Waals surface area contributed by atoms with E-state index in [1.807, 2.05) is 26.0 Å². The van der Waals surface area contributed by atoms with E-state index in [1.54, 1.807) is 24.3 Å². The standard InChI is InChI=1S/C24H20N2O6S/c1-3-31-24-18-6-4-5-7-21(18)32-22-13-16(26(27)28)12-20-23(22)19(24)14-25(20)33(29,30)17-10-8-15(2)9-11-17/h4-14,24H,3H2,1-2H3/t24-/m1/s1. The summed E-state index contributed by atoms with van der Waals surface area (Å²) in [7, 11) is -4.05. The highest BCUT2D eigenvalue weighted by molar-refractivity contribution is 7.90. The zero-order valence-corrected chi connectivity index (χ0v) is 18.7. The maximum absolute atomic E-state index is 13.6. The molecule has 0 N–H and O–H groups in total. The number of benzene rings is 3. The first-order chi connectivity index (χ1) is 15.8. The second kappa shape index (κ2) is 7.72. The third kappa shape index (κ3) is 3.37. The molecule has 0 saturated heterocycles. The van der Waals surface area contributed by atoms with E-state index in [0.717, 1.165) is 9.54 Å². The van der Waals surface area contributed by atoms with Gasteiger partial charge in [-0.1, -0.05) is 35.9 Å². The Hall–Kier alpha value is -3.69. The summed E-state index contributed by atoms with van der Waals surface area (Å²) in [5.41, 5.74) is 2.09. The minimum atomic E-state index is -4.05. The van der Waals surface area contributed by atoms with Gasteiger partial charge in [-0.25, -0.2) is 12.4 Å². The molecular weight excluding hydrogens is 444 g/mol. The van der Waals surface area contributed by atoms with Crippen LogP contribution in [0.3, 0.4) is 0 Å². The molecule has 9 heteroatoms. The van der Waals surface area contributed by atoms with Gasteiger partial charge in [0.25, 0.3) is 15.7 Å². The summed E-state index contributed by atoms with van der Waals surface area (Å²) in [6.07, 6.45) is 0.879. The first-order valence-electron chi connectivity index (χ1n) is 10.3. The van der Waals surface area contributed by atoms with E-state index >= 15 is 0 Å². The van der Waals surface area contributed by atoms with E-state index in [1.165, 1.54) is 30.5 Å². The molecule has 2 heterocycles. The molecule has 0 aliphatic carbocycles. The number of ether oxygens (including phenoxy) is 2. The first-order valence-corrected chi connectivity index (χ1v) is 11.8. The predicted molar refractivity (Wildman–Crippen MR) is 122 cm³/mol. The van der Waals surface area contributed by atoms with Crippen molar-refractivity contribution in [1.29, 1.82) is 0 Å². The molecule has 0 saturated carbocycles. The smallest absolute Gasteiger partial charge is 0.275 e. The highest BCUT2D eigenvalue weighted by Crippen LogP contribution is 2.48. The van der Waals surface area contributed by atoms with Crippen LogP contribution in [0.1, 0.15) is 29.7 Å². The molecule has 1 aliphatic heterocycles. The summed E-state index contributed by atoms with van der Waals surface area (Å²) in [5, 5.41) is 12.1. The van der Waals surface area contributed by atoms with Crippen molar-refractivity contribution in [2.45, 2.75) is 24.8 Å². The monoisotopic (exact) mass is 464 g/mol. The maximum atomic E-state index is 13.6. The number of nitro groups is 1. The predicted octanol–water partition coefficient (Wildman–Crippen LogP) is 5.33. The van der Waals surface area contributed by atoms with Crippen LogP contribution < -0.4 is 4.74 Å². The average molecular weight is 464 g/mol. The summed E-state index contributed by atoms with van der Waals surface area (Å²) in [4.78, 5) is 11.2. The normalized spacial score (nSPS) is 15.0. The number of hydrogen-bond donors (Lipinski definition) is 0. The molecule has 5 rings (SSSR count). The van der Waals surface area contributed by atoms with Gasteiger partial charge in [-0.3, -0.25) is 10.1 Å². The van der Waals surface area contributed by atoms with E-state index in [4.69, 9.17) is 9.47 Å². The van der Waals surface area contributed by atoms with Crippen LogP contribution in [0, 0.1) is 17.0 Å². The largest absolute Gasteiger partial charge is 0.456 e. The maximum Gasteiger partial charge on any atom is 0.275 e. The number of nitrogens with zero attached hydrogens (tertiary/aromatic N) is 2. The van der Waals surface area contributed by atoms with Gasteiger partial charge in [0.05, 0.1) is 26.8 Å². The first kappa shape index (κ1) is 21.2. The van der Waals surface area contributed by atoms with Gasteiger partial charge < -0.3 is 9.47 Å². The highest BCUT2D eigenvalue weighted by Gasteiger charge is 2.33. The summed E-state index contributed by atoms with van der Waals surface area (Å²) in [6, 6.07) is 16.3. The molecule has 0 fully saturated rings. The molecule has 1 atom stereocenters. The quantitative estimate of drug-likeness (QED) is 0.292. The summed E-state index contributed by atoms with van der Waals surface area (Å²) >= 11 is 0. The molecule has 0 bridgehead atoms. The van der Waals surface area contributed by atoms with Crippen LogP contribution in [0.2, 0.25) is 0 Å². The van der Waals surface area contributed by atoms with Crippen LogP contribution in [0.4, 0.5) is 5.69 Å². The lowest BCUT2D eigenvalue weighted by Gasteiger charge is -2.17. The van der Waals surface area contributed by atoms with Crippen LogP contribution >= 0.6 is 0 Å². The van der Waals surface area contributed by atoms with Crippen molar-refractivity contribution in [2.24, 2.45) is 0 Å². The molecule has 0 spiro atoms. The van der Waals surface area contributed by atoms with Gasteiger partial charge in [0.15, 0.2) is 0 Å². The molecule has 3 aromatic carbocycles. The summed E-state index contributed by atoms with van der Waals surface area (Å²) in [6.45, 7) is 4.09. The molecule has 168 valence electrons. The highest BCUT2D eigenvalue weighted by atomic mass is 32.2. The van der Waals surface area contributed by atoms with Gasteiger partial charge in [0, 0.05) is 30.0 Å². The molecule has 0 amide bonds. The molecule has 33 heavy (non-hydrogen) atoms. The van der Waals surface area contributed by atoms with Crippen molar-refractivity contribution in [2.75, 3.05) is 6.61 Å². The Bertz CT molecular complexity index is 1510. The Kier molecular flexibility index (Phi) is 4.95. The van der Waals surface area contributed by atoms with Crippen molar-refractivity contribution >= 4 is 26.6 Å². The van der Waals surface area contributed by atoms with Crippen molar-refractivity contribution < 1.29 is 22.8 Å². The van der Waals surface area contributed by atoms with Crippen molar-refractivity contribution in [3.8, 4) is 11.5 Å². The lowest BCUT2D eigenvalue weighted by Crippen LogP contribution is -2.12. The fourth-order valence-corrected chi connectivity index (χ4v) is 5.50. The number of nitro benzene ring substituents is 1. The van der Waals surface area contributed by atoms with Gasteiger partial charge in [-0.15, -0.1) is 0 Å². The van der Waals surface area contributed by atoms with E-state index in [-0.39, 0.29) is 21.8 Å². The molecule has 8 nitrogen and oxygen atoms in total. The van der Waals surface area contributed by atoms with Crippen LogP contribution in [-0.2, 0) is 14.8 Å². The molecule has 4 aromatic rings. The van der Waals surface area contributed by atoms with Crippen LogP contribution in [-0.4, -0.2) is 23.9 Å². The number of fused-ring (bicyclic) bond motifs is 1. The zero-order valence-electron chi connectivity index (χ0n) is 17.9. The Labute approximate surface area is 190 Å². The van der Waals surface area contributed by atoms with Crippen molar-refractivity contribution in [3.63, 3.8) is 0 Å². The third-order valence-corrected chi connectivity index (χ3v) is 7.36. The van der Waals surface area contributed by atoms with E-state index in [0.29, 0.717) is 28.9 Å². The fourth-order valence-electron chi connectivity index (χ4n) is 4.14. The number of non-ortho nitro benzene ring substituents is 1. The number of para-hydroxylation sites is 1. The number of aromatic nitrogens is 1. The van der Waals surface area contributed by atoms with Gasteiger partial charge in [-0.05, 0) is 32.0 Å². The Morgan fingerprint density at radius 2 is 1.79 bits per heavy atom. The Morgan fingerprint density at radius 1 is 1.06 bits per heavy atom. The lowest BCUT2D eigenvalue weighted by atomic mass is 10.0. The summed E-state index contributed by atoms with van der Waals surface area (Å²) in [5.74, 6) is 0.712. The molecule has 1 aromatic heterocycles.